The molecule has 0 radical (unpaired) electrons. The van der Waals surface area contributed by atoms with Crippen molar-refractivity contribution < 1.29 is 14.3 Å². The Kier molecular flexibility index (Phi) is 3.57. The number of fused-ring (bicyclic) bond motifs is 1. The highest BCUT2D eigenvalue weighted by Crippen LogP contribution is 2.26. The van der Waals surface area contributed by atoms with Gasteiger partial charge in [0.25, 0.3) is 0 Å². The molecule has 22 heavy (non-hydrogen) atoms. The second-order valence-electron chi connectivity index (χ2n) is 4.54. The van der Waals surface area contributed by atoms with Gasteiger partial charge in [0.15, 0.2) is 12.4 Å². The molecule has 0 atom stereocenters. The lowest BCUT2D eigenvalue weighted by Crippen LogP contribution is -2.18. The van der Waals surface area contributed by atoms with Crippen LogP contribution in [0.5, 0.6) is 5.75 Å². The van der Waals surface area contributed by atoms with E-state index in [0.717, 1.165) is 11.3 Å². The fourth-order valence-corrected chi connectivity index (χ4v) is 1.98. The third-order valence-corrected chi connectivity index (χ3v) is 2.94. The lowest BCUT2D eigenvalue weighted by atomic mass is 10.1. The number of carbonyl (C=O) groups excluding carboxylic acids is 1. The third kappa shape index (κ3) is 2.95. The molecule has 3 rings (SSSR count). The Morgan fingerprint density at radius 1 is 1.18 bits per heavy atom. The molecular formula is C14H13N5O3. The first-order chi connectivity index (χ1) is 10.6. The highest BCUT2D eigenvalue weighted by molar-refractivity contribution is 5.95. The summed E-state index contributed by atoms with van der Waals surface area (Å²) in [6, 6.07) is 7.42. The number of carbonyl (C=O) groups is 1. The number of esters is 1. The van der Waals surface area contributed by atoms with Crippen LogP contribution in [0.2, 0.25) is 0 Å². The average Bonchev–Trinajstić information content (AvgIpc) is 2.51. The van der Waals surface area contributed by atoms with Crippen molar-refractivity contribution in [3.05, 3.63) is 41.2 Å². The number of nitrogen functional groups attached to an aromatic ring is 2. The van der Waals surface area contributed by atoms with Crippen molar-refractivity contribution in [3.63, 3.8) is 0 Å². The lowest BCUT2D eigenvalue weighted by Gasteiger charge is -2.16. The second kappa shape index (κ2) is 5.68. The molecule has 1 aliphatic rings. The van der Waals surface area contributed by atoms with Gasteiger partial charge in [0.05, 0.1) is 5.57 Å². The van der Waals surface area contributed by atoms with E-state index < -0.39 is 5.97 Å². The summed E-state index contributed by atoms with van der Waals surface area (Å²) in [4.78, 5) is 23.4. The summed E-state index contributed by atoms with van der Waals surface area (Å²) >= 11 is 0. The molecule has 4 N–H and O–H groups in total. The van der Waals surface area contributed by atoms with Crippen molar-refractivity contribution >= 4 is 23.9 Å². The van der Waals surface area contributed by atoms with Crippen LogP contribution in [0.4, 0.5) is 11.9 Å². The standard InChI is InChI=1S/C14H13N5O3/c15-13-17-11(18-14(16)19-13)7-22-12(20)9-5-8-3-1-2-4-10(8)21-6-9/h1-5H,6-7H2,(H4,15,16,17,18,19). The normalized spacial score (nSPS) is 12.8. The zero-order valence-corrected chi connectivity index (χ0v) is 11.5. The summed E-state index contributed by atoms with van der Waals surface area (Å²) in [5.74, 6) is 0.376. The molecule has 1 aromatic heterocycles. The number of nitrogens with two attached hydrogens (primary N) is 2. The van der Waals surface area contributed by atoms with Crippen LogP contribution in [-0.2, 0) is 16.1 Å². The van der Waals surface area contributed by atoms with Gasteiger partial charge in [-0.15, -0.1) is 0 Å². The monoisotopic (exact) mass is 299 g/mol. The summed E-state index contributed by atoms with van der Waals surface area (Å²) < 4.78 is 10.6. The maximum absolute atomic E-state index is 12.0. The zero-order valence-electron chi connectivity index (χ0n) is 11.5. The highest BCUT2D eigenvalue weighted by atomic mass is 16.5. The number of rotatable bonds is 3. The molecule has 8 nitrogen and oxygen atoms in total. The average molecular weight is 299 g/mol. The third-order valence-electron chi connectivity index (χ3n) is 2.94. The second-order valence-corrected chi connectivity index (χ2v) is 4.54. The molecule has 2 heterocycles. The lowest BCUT2D eigenvalue weighted by molar-refractivity contribution is -0.140. The number of aromatic nitrogens is 3. The first-order valence-electron chi connectivity index (χ1n) is 6.47. The van der Waals surface area contributed by atoms with Crippen LogP contribution in [0, 0.1) is 0 Å². The summed E-state index contributed by atoms with van der Waals surface area (Å²) in [6.45, 7) is 0.00602. The summed E-state index contributed by atoms with van der Waals surface area (Å²) in [5, 5.41) is 0. The van der Waals surface area contributed by atoms with Gasteiger partial charge in [-0.1, -0.05) is 18.2 Å². The van der Waals surface area contributed by atoms with Crippen molar-refractivity contribution in [3.8, 4) is 5.75 Å². The molecule has 0 aliphatic carbocycles. The quantitative estimate of drug-likeness (QED) is 0.787. The van der Waals surface area contributed by atoms with Crippen LogP contribution in [-0.4, -0.2) is 27.5 Å². The number of nitrogens with zero attached hydrogens (tertiary/aromatic N) is 3. The van der Waals surface area contributed by atoms with Crippen molar-refractivity contribution in [2.75, 3.05) is 18.1 Å². The van der Waals surface area contributed by atoms with Crippen molar-refractivity contribution in [2.45, 2.75) is 6.61 Å². The van der Waals surface area contributed by atoms with Gasteiger partial charge in [-0.3, -0.25) is 0 Å². The van der Waals surface area contributed by atoms with E-state index in [1.165, 1.54) is 0 Å². The SMILES string of the molecule is Nc1nc(N)nc(COC(=O)C2=Cc3ccccc3OC2)n1. The van der Waals surface area contributed by atoms with Crippen LogP contribution >= 0.6 is 0 Å². The van der Waals surface area contributed by atoms with E-state index in [0.29, 0.717) is 5.57 Å². The molecular weight excluding hydrogens is 286 g/mol. The fraction of sp³-hybridized carbons (Fsp3) is 0.143. The van der Waals surface area contributed by atoms with Gasteiger partial charge in [0.2, 0.25) is 11.9 Å². The molecule has 1 aromatic carbocycles. The topological polar surface area (TPSA) is 126 Å². The van der Waals surface area contributed by atoms with Crippen LogP contribution < -0.4 is 16.2 Å². The summed E-state index contributed by atoms with van der Waals surface area (Å²) in [7, 11) is 0. The number of ether oxygens (including phenoxy) is 2. The molecule has 112 valence electrons. The van der Waals surface area contributed by atoms with Crippen molar-refractivity contribution in [1.29, 1.82) is 0 Å². The Bertz CT molecular complexity index is 740. The van der Waals surface area contributed by atoms with Crippen molar-refractivity contribution in [2.24, 2.45) is 0 Å². The Labute approximate surface area is 125 Å². The van der Waals surface area contributed by atoms with Crippen LogP contribution in [0.25, 0.3) is 6.08 Å². The molecule has 0 amide bonds. The minimum Gasteiger partial charge on any atom is -0.488 e. The van der Waals surface area contributed by atoms with Crippen molar-refractivity contribution in [1.82, 2.24) is 15.0 Å². The van der Waals surface area contributed by atoms with E-state index in [4.69, 9.17) is 20.9 Å². The predicted molar refractivity (Wildman–Crippen MR) is 78.4 cm³/mol. The molecule has 0 spiro atoms. The zero-order chi connectivity index (χ0) is 15.5. The van der Waals surface area contributed by atoms with Crippen LogP contribution in [0.15, 0.2) is 29.8 Å². The summed E-state index contributed by atoms with van der Waals surface area (Å²) in [5.41, 5.74) is 12.1. The van der Waals surface area contributed by atoms with Gasteiger partial charge in [-0.2, -0.15) is 15.0 Å². The van der Waals surface area contributed by atoms with E-state index in [9.17, 15) is 4.79 Å². The summed E-state index contributed by atoms with van der Waals surface area (Å²) in [6.07, 6.45) is 1.73. The van der Waals surface area contributed by atoms with Crippen LogP contribution in [0.1, 0.15) is 11.4 Å². The predicted octanol–water partition coefficient (Wildman–Crippen LogP) is 0.555. The van der Waals surface area contributed by atoms with Gasteiger partial charge in [0, 0.05) is 5.56 Å². The number of hydrogen-bond acceptors (Lipinski definition) is 8. The molecule has 0 saturated heterocycles. The molecule has 1 aliphatic heterocycles. The van der Waals surface area contributed by atoms with E-state index in [1.807, 2.05) is 24.3 Å². The van der Waals surface area contributed by atoms with E-state index in [2.05, 4.69) is 15.0 Å². The van der Waals surface area contributed by atoms with Gasteiger partial charge < -0.3 is 20.9 Å². The first-order valence-corrected chi connectivity index (χ1v) is 6.47. The van der Waals surface area contributed by atoms with Crippen LogP contribution in [0.3, 0.4) is 0 Å². The fourth-order valence-electron chi connectivity index (χ4n) is 1.98. The Balaban J connectivity index is 1.69. The number of benzene rings is 1. The Morgan fingerprint density at radius 2 is 1.91 bits per heavy atom. The number of anilines is 2. The van der Waals surface area contributed by atoms with Gasteiger partial charge in [0.1, 0.15) is 12.4 Å². The van der Waals surface area contributed by atoms with Gasteiger partial charge in [-0.05, 0) is 12.1 Å². The van der Waals surface area contributed by atoms with Gasteiger partial charge >= 0.3 is 5.97 Å². The molecule has 8 heteroatoms. The minimum absolute atomic E-state index is 0.0207. The largest absolute Gasteiger partial charge is 0.488 e. The van der Waals surface area contributed by atoms with Gasteiger partial charge in [-0.25, -0.2) is 4.79 Å². The van der Waals surface area contributed by atoms with E-state index >= 15 is 0 Å². The maximum Gasteiger partial charge on any atom is 0.337 e. The molecule has 2 aromatic rings. The first kappa shape index (κ1) is 13.8. The minimum atomic E-state index is -0.507. The maximum atomic E-state index is 12.0. The smallest absolute Gasteiger partial charge is 0.337 e. The molecule has 0 unspecified atom stereocenters. The Morgan fingerprint density at radius 3 is 2.68 bits per heavy atom. The Hall–Kier alpha value is -3.16. The van der Waals surface area contributed by atoms with E-state index in [-0.39, 0.29) is 30.9 Å². The van der Waals surface area contributed by atoms with E-state index in [1.54, 1.807) is 6.08 Å². The number of hydrogen-bond donors (Lipinski definition) is 2. The highest BCUT2D eigenvalue weighted by Gasteiger charge is 2.18. The molecule has 0 fully saturated rings. The molecule has 0 saturated carbocycles. The molecule has 0 bridgehead atoms. The number of para-hydroxylation sites is 1.